The van der Waals surface area contributed by atoms with Crippen molar-refractivity contribution in [2.75, 3.05) is 0 Å². The predicted molar refractivity (Wildman–Crippen MR) is 82.2 cm³/mol. The van der Waals surface area contributed by atoms with Crippen LogP contribution in [0.5, 0.6) is 0 Å². The zero-order chi connectivity index (χ0) is 19.0. The second kappa shape index (κ2) is 6.67. The van der Waals surface area contributed by atoms with Crippen LogP contribution in [0.3, 0.4) is 0 Å². The van der Waals surface area contributed by atoms with E-state index in [4.69, 9.17) is 4.74 Å². The molecule has 1 aliphatic rings. The first-order valence-electron chi connectivity index (χ1n) is 7.85. The smallest absolute Gasteiger partial charge is 0.408 e. The molecule has 2 atom stereocenters. The first-order valence-corrected chi connectivity index (χ1v) is 7.85. The summed E-state index contributed by atoms with van der Waals surface area (Å²) in [6.07, 6.45) is -2.41. The van der Waals surface area contributed by atoms with E-state index in [0.29, 0.717) is 12.1 Å². The zero-order valence-corrected chi connectivity index (χ0v) is 14.2. The number of benzene rings is 1. The first-order chi connectivity index (χ1) is 11.5. The molecular weight excluding hydrogens is 339 g/mol. The molecule has 0 aliphatic heterocycles. The molecule has 5 nitrogen and oxygen atoms in total. The number of rotatable bonds is 2. The Balaban J connectivity index is 2.55. The normalized spacial score (nSPS) is 24.1. The lowest BCUT2D eigenvalue weighted by atomic mass is 9.74. The van der Waals surface area contributed by atoms with E-state index in [1.807, 2.05) is 0 Å². The van der Waals surface area contributed by atoms with Gasteiger partial charge in [0.2, 0.25) is 0 Å². The molecule has 0 heterocycles. The van der Waals surface area contributed by atoms with Crippen molar-refractivity contribution >= 4 is 11.9 Å². The molecule has 1 aromatic carbocycles. The molecule has 1 saturated carbocycles. The van der Waals surface area contributed by atoms with Crippen LogP contribution in [0.1, 0.15) is 45.6 Å². The summed E-state index contributed by atoms with van der Waals surface area (Å²) in [6, 6.07) is 0.844. The highest BCUT2D eigenvalue weighted by Gasteiger charge is 2.50. The topological polar surface area (TPSA) is 75.6 Å². The van der Waals surface area contributed by atoms with Crippen LogP contribution in [0.25, 0.3) is 0 Å². The molecule has 1 fully saturated rings. The Labute approximate surface area is 143 Å². The number of halogens is 3. The minimum Gasteiger partial charge on any atom is -0.444 e. The van der Waals surface area contributed by atoms with E-state index in [2.05, 4.69) is 5.32 Å². The molecule has 1 aliphatic carbocycles. The Morgan fingerprint density at radius 3 is 2.36 bits per heavy atom. The zero-order valence-electron chi connectivity index (χ0n) is 14.2. The van der Waals surface area contributed by atoms with Crippen molar-refractivity contribution in [2.24, 2.45) is 0 Å². The van der Waals surface area contributed by atoms with Gasteiger partial charge in [0.15, 0.2) is 5.78 Å². The number of amides is 1. The highest BCUT2D eigenvalue weighted by Crippen LogP contribution is 2.38. The van der Waals surface area contributed by atoms with Gasteiger partial charge in [-0.15, -0.1) is 0 Å². The monoisotopic (exact) mass is 359 g/mol. The molecule has 0 saturated heterocycles. The summed E-state index contributed by atoms with van der Waals surface area (Å²) in [7, 11) is 0. The van der Waals surface area contributed by atoms with Crippen molar-refractivity contribution in [3.05, 3.63) is 35.1 Å². The maximum absolute atomic E-state index is 14.3. The molecule has 2 N–H and O–H groups in total. The molecule has 1 amide bonds. The van der Waals surface area contributed by atoms with Crippen LogP contribution in [0.15, 0.2) is 12.1 Å². The van der Waals surface area contributed by atoms with Gasteiger partial charge in [0, 0.05) is 12.1 Å². The Kier molecular flexibility index (Phi) is 5.13. The van der Waals surface area contributed by atoms with Gasteiger partial charge >= 0.3 is 6.09 Å². The number of ketones is 1. The Morgan fingerprint density at radius 1 is 1.28 bits per heavy atom. The van der Waals surface area contributed by atoms with Gasteiger partial charge in [-0.05, 0) is 40.0 Å². The lowest BCUT2D eigenvalue weighted by Gasteiger charge is -2.39. The van der Waals surface area contributed by atoms with Crippen molar-refractivity contribution in [1.82, 2.24) is 5.32 Å². The van der Waals surface area contributed by atoms with Crippen LogP contribution in [0.2, 0.25) is 0 Å². The summed E-state index contributed by atoms with van der Waals surface area (Å²) in [5, 5.41) is 12.1. The van der Waals surface area contributed by atoms with Gasteiger partial charge in [0.25, 0.3) is 0 Å². The number of hydrogen-bond acceptors (Lipinski definition) is 4. The molecule has 138 valence electrons. The molecular formula is C17H20F3NO4. The number of alkyl carbamates (subject to hydrolysis) is 1. The summed E-state index contributed by atoms with van der Waals surface area (Å²) in [5.74, 6) is -4.77. The minimum atomic E-state index is -2.16. The molecule has 0 aromatic heterocycles. The molecule has 2 rings (SSSR count). The van der Waals surface area contributed by atoms with Crippen molar-refractivity contribution in [3.8, 4) is 0 Å². The van der Waals surface area contributed by atoms with E-state index in [1.54, 1.807) is 20.8 Å². The van der Waals surface area contributed by atoms with Gasteiger partial charge in [-0.1, -0.05) is 0 Å². The van der Waals surface area contributed by atoms with Crippen LogP contribution in [-0.4, -0.2) is 28.7 Å². The Bertz CT molecular complexity index is 679. The van der Waals surface area contributed by atoms with Gasteiger partial charge in [-0.2, -0.15) is 0 Å². The fourth-order valence-corrected chi connectivity index (χ4v) is 2.96. The van der Waals surface area contributed by atoms with Crippen LogP contribution in [0.4, 0.5) is 18.0 Å². The SMILES string of the molecule is CC(C)(C)OC(=O)NC1(c2c(F)cc(F)cc2F)CCCC(O)C1=O. The van der Waals surface area contributed by atoms with Gasteiger partial charge in [0.1, 0.15) is 34.7 Å². The van der Waals surface area contributed by atoms with E-state index in [0.717, 1.165) is 0 Å². The van der Waals surface area contributed by atoms with Gasteiger partial charge in [-0.3, -0.25) is 4.79 Å². The number of carbonyl (C=O) groups is 2. The summed E-state index contributed by atoms with van der Waals surface area (Å²) in [4.78, 5) is 24.8. The highest BCUT2D eigenvalue weighted by atomic mass is 19.1. The Hall–Kier alpha value is -2.09. The van der Waals surface area contributed by atoms with E-state index in [9.17, 15) is 27.9 Å². The standard InChI is InChI=1S/C17H20F3NO4/c1-16(2,3)25-15(24)21-17(6-4-5-12(22)14(17)23)13-10(19)7-9(18)8-11(13)20/h7-8,12,22H,4-6H2,1-3H3,(H,21,24). The number of aliphatic hydroxyl groups excluding tert-OH is 1. The average Bonchev–Trinajstić information content (AvgIpc) is 2.41. The fourth-order valence-electron chi connectivity index (χ4n) is 2.96. The molecule has 0 bridgehead atoms. The molecule has 0 spiro atoms. The third-order valence-electron chi connectivity index (χ3n) is 3.90. The highest BCUT2D eigenvalue weighted by molar-refractivity contribution is 5.96. The maximum Gasteiger partial charge on any atom is 0.408 e. The lowest BCUT2D eigenvalue weighted by Crippen LogP contribution is -2.59. The second-order valence-corrected chi connectivity index (χ2v) is 7.05. The number of nitrogens with one attached hydrogen (secondary N) is 1. The quantitative estimate of drug-likeness (QED) is 0.851. The summed E-state index contributed by atoms with van der Waals surface area (Å²) in [6.45, 7) is 4.74. The fraction of sp³-hybridized carbons (Fsp3) is 0.529. The third kappa shape index (κ3) is 3.95. The molecule has 8 heteroatoms. The number of aliphatic hydroxyl groups is 1. The van der Waals surface area contributed by atoms with Gasteiger partial charge in [-0.25, -0.2) is 18.0 Å². The molecule has 0 radical (unpaired) electrons. The molecule has 2 unspecified atom stereocenters. The van der Waals surface area contributed by atoms with Crippen molar-refractivity contribution in [3.63, 3.8) is 0 Å². The van der Waals surface area contributed by atoms with Crippen molar-refractivity contribution in [2.45, 2.75) is 57.3 Å². The predicted octanol–water partition coefficient (Wildman–Crippen LogP) is 2.94. The van der Waals surface area contributed by atoms with E-state index in [-0.39, 0.29) is 19.3 Å². The van der Waals surface area contributed by atoms with Crippen LogP contribution < -0.4 is 5.32 Å². The van der Waals surface area contributed by atoms with Crippen molar-refractivity contribution in [1.29, 1.82) is 0 Å². The lowest BCUT2D eigenvalue weighted by molar-refractivity contribution is -0.138. The van der Waals surface area contributed by atoms with E-state index in [1.165, 1.54) is 0 Å². The van der Waals surface area contributed by atoms with Crippen molar-refractivity contribution < 1.29 is 32.6 Å². The van der Waals surface area contributed by atoms with Crippen LogP contribution in [0, 0.1) is 17.5 Å². The number of ether oxygens (including phenoxy) is 1. The number of hydrogen-bond donors (Lipinski definition) is 2. The van der Waals surface area contributed by atoms with Gasteiger partial charge in [0.05, 0.1) is 5.56 Å². The molecule has 25 heavy (non-hydrogen) atoms. The molecule has 1 aromatic rings. The van der Waals surface area contributed by atoms with Gasteiger partial charge < -0.3 is 15.2 Å². The summed E-state index contributed by atoms with van der Waals surface area (Å²) in [5.41, 5.74) is -3.88. The summed E-state index contributed by atoms with van der Waals surface area (Å²) < 4.78 is 47.0. The summed E-state index contributed by atoms with van der Waals surface area (Å²) >= 11 is 0. The Morgan fingerprint density at radius 2 is 1.84 bits per heavy atom. The number of Topliss-reactive ketones (excluding diaryl/α,β-unsaturated/α-hetero) is 1. The third-order valence-corrected chi connectivity index (χ3v) is 3.90. The van der Waals surface area contributed by atoms with Crippen LogP contribution >= 0.6 is 0 Å². The largest absolute Gasteiger partial charge is 0.444 e. The minimum absolute atomic E-state index is 0.0982. The number of carbonyl (C=O) groups excluding carboxylic acids is 2. The average molecular weight is 359 g/mol. The first kappa shape index (κ1) is 19.2. The second-order valence-electron chi connectivity index (χ2n) is 7.05. The maximum atomic E-state index is 14.3. The van der Waals surface area contributed by atoms with E-state index >= 15 is 0 Å². The van der Waals surface area contributed by atoms with Crippen LogP contribution in [-0.2, 0) is 15.1 Å². The van der Waals surface area contributed by atoms with E-state index < -0.39 is 52.1 Å².